The molecule has 1 saturated heterocycles. The number of alkyl halides is 3. The molecule has 0 unspecified atom stereocenters. The fraction of sp³-hybridized carbons (Fsp3) is 0.538. The van der Waals surface area contributed by atoms with E-state index >= 15 is 0 Å². The van der Waals surface area contributed by atoms with Crippen LogP contribution in [0.25, 0.3) is 0 Å². The first kappa shape index (κ1) is 11.1. The predicted molar refractivity (Wildman–Crippen MR) is 57.0 cm³/mol. The summed E-state index contributed by atoms with van der Waals surface area (Å²) in [6.45, 7) is -0.482. The van der Waals surface area contributed by atoms with E-state index in [9.17, 15) is 13.2 Å². The van der Waals surface area contributed by atoms with Gasteiger partial charge < -0.3 is 4.74 Å². The van der Waals surface area contributed by atoms with Crippen LogP contribution in [0.1, 0.15) is 23.1 Å². The van der Waals surface area contributed by atoms with Crippen molar-refractivity contribution in [3.8, 4) is 0 Å². The lowest BCUT2D eigenvalue weighted by Crippen LogP contribution is -2.57. The summed E-state index contributed by atoms with van der Waals surface area (Å²) in [6.07, 6.45) is -1.28. The molecule has 4 heteroatoms. The molecule has 0 bridgehead atoms. The van der Waals surface area contributed by atoms with Crippen LogP contribution in [0.4, 0.5) is 13.2 Å². The molecule has 0 spiro atoms. The van der Waals surface area contributed by atoms with Crippen molar-refractivity contribution in [2.75, 3.05) is 13.2 Å². The summed E-state index contributed by atoms with van der Waals surface area (Å²) in [5, 5.41) is 0. The van der Waals surface area contributed by atoms with Gasteiger partial charge in [0, 0.05) is 0 Å². The Morgan fingerprint density at radius 3 is 2.35 bits per heavy atom. The molecule has 1 nitrogen and oxygen atoms in total. The highest BCUT2D eigenvalue weighted by Crippen LogP contribution is 2.47. The van der Waals surface area contributed by atoms with Crippen LogP contribution in [0.5, 0.6) is 0 Å². The average Bonchev–Trinajstić information content (AvgIpc) is 2.60. The van der Waals surface area contributed by atoms with E-state index in [1.807, 2.05) is 6.07 Å². The Balaban J connectivity index is 2.03. The third kappa shape index (κ3) is 1.50. The summed E-state index contributed by atoms with van der Waals surface area (Å²) in [7, 11) is 0. The summed E-state index contributed by atoms with van der Waals surface area (Å²) >= 11 is 0. The second-order valence-electron chi connectivity index (χ2n) is 4.91. The molecular formula is C13H13F3O. The van der Waals surface area contributed by atoms with E-state index in [0.717, 1.165) is 24.8 Å². The van der Waals surface area contributed by atoms with Crippen LogP contribution in [-0.2, 0) is 23.0 Å². The fourth-order valence-corrected chi connectivity index (χ4v) is 2.67. The van der Waals surface area contributed by atoms with Crippen LogP contribution in [0.15, 0.2) is 18.2 Å². The molecule has 0 saturated carbocycles. The molecule has 0 amide bonds. The number of rotatable bonds is 1. The van der Waals surface area contributed by atoms with Crippen LogP contribution >= 0.6 is 0 Å². The van der Waals surface area contributed by atoms with E-state index in [-0.39, 0.29) is 13.2 Å². The SMILES string of the molecule is FC(F)(F)C1(c2ccc3c(c2)CCC3)COC1. The number of hydrogen-bond donors (Lipinski definition) is 0. The highest BCUT2D eigenvalue weighted by Gasteiger charge is 2.61. The molecule has 0 radical (unpaired) electrons. The van der Waals surface area contributed by atoms with Crippen molar-refractivity contribution < 1.29 is 17.9 Å². The Bertz CT molecular complexity index is 446. The van der Waals surface area contributed by atoms with Crippen LogP contribution in [0, 0.1) is 0 Å². The Labute approximate surface area is 97.6 Å². The topological polar surface area (TPSA) is 9.23 Å². The minimum absolute atomic E-state index is 0.241. The van der Waals surface area contributed by atoms with Gasteiger partial charge in [0.25, 0.3) is 0 Å². The van der Waals surface area contributed by atoms with E-state index in [4.69, 9.17) is 4.74 Å². The highest BCUT2D eigenvalue weighted by atomic mass is 19.4. The van der Waals surface area contributed by atoms with Crippen molar-refractivity contribution >= 4 is 0 Å². The largest absolute Gasteiger partial charge is 0.402 e. The number of ether oxygens (including phenoxy) is 1. The lowest BCUT2D eigenvalue weighted by Gasteiger charge is -2.43. The minimum Gasteiger partial charge on any atom is -0.379 e. The third-order valence-corrected chi connectivity index (χ3v) is 3.89. The zero-order chi connectivity index (χ0) is 12.1. The molecule has 17 heavy (non-hydrogen) atoms. The van der Waals surface area contributed by atoms with Crippen LogP contribution < -0.4 is 0 Å². The Morgan fingerprint density at radius 1 is 1.06 bits per heavy atom. The summed E-state index contributed by atoms with van der Waals surface area (Å²) in [5.41, 5.74) is 0.895. The van der Waals surface area contributed by atoms with Crippen molar-refractivity contribution in [1.82, 2.24) is 0 Å². The van der Waals surface area contributed by atoms with Gasteiger partial charge in [-0.15, -0.1) is 0 Å². The molecule has 0 atom stereocenters. The molecule has 1 aromatic rings. The number of aryl methyl sites for hydroxylation is 2. The van der Waals surface area contributed by atoms with Gasteiger partial charge in [-0.3, -0.25) is 0 Å². The van der Waals surface area contributed by atoms with Gasteiger partial charge in [-0.05, 0) is 36.0 Å². The predicted octanol–water partition coefficient (Wildman–Crippen LogP) is 3.01. The zero-order valence-corrected chi connectivity index (χ0v) is 9.31. The number of halogens is 3. The maximum absolute atomic E-state index is 13.1. The molecule has 1 aliphatic carbocycles. The lowest BCUT2D eigenvalue weighted by atomic mass is 9.77. The van der Waals surface area contributed by atoms with Crippen LogP contribution in [-0.4, -0.2) is 19.4 Å². The zero-order valence-electron chi connectivity index (χ0n) is 9.31. The van der Waals surface area contributed by atoms with Crippen LogP contribution in [0.2, 0.25) is 0 Å². The van der Waals surface area contributed by atoms with Gasteiger partial charge in [-0.2, -0.15) is 13.2 Å². The van der Waals surface area contributed by atoms with E-state index in [2.05, 4.69) is 0 Å². The Morgan fingerprint density at radius 2 is 1.76 bits per heavy atom. The van der Waals surface area contributed by atoms with E-state index in [1.165, 1.54) is 5.56 Å². The van der Waals surface area contributed by atoms with Gasteiger partial charge in [-0.25, -0.2) is 0 Å². The quantitative estimate of drug-likeness (QED) is 0.735. The molecule has 1 aliphatic heterocycles. The first-order valence-corrected chi connectivity index (χ1v) is 5.80. The summed E-state index contributed by atoms with van der Waals surface area (Å²) in [4.78, 5) is 0. The third-order valence-electron chi connectivity index (χ3n) is 3.89. The summed E-state index contributed by atoms with van der Waals surface area (Å²) in [6, 6.07) is 5.21. The number of hydrogen-bond acceptors (Lipinski definition) is 1. The maximum atomic E-state index is 13.1. The van der Waals surface area contributed by atoms with Crippen molar-refractivity contribution in [3.05, 3.63) is 34.9 Å². The first-order valence-electron chi connectivity index (χ1n) is 5.80. The molecule has 2 aliphatic rings. The molecule has 3 rings (SSSR count). The van der Waals surface area contributed by atoms with Crippen molar-refractivity contribution in [2.45, 2.75) is 30.9 Å². The second kappa shape index (κ2) is 3.48. The smallest absolute Gasteiger partial charge is 0.379 e. The summed E-state index contributed by atoms with van der Waals surface area (Å²) < 4.78 is 44.2. The van der Waals surface area contributed by atoms with E-state index in [1.54, 1.807) is 12.1 Å². The lowest BCUT2D eigenvalue weighted by molar-refractivity contribution is -0.262. The van der Waals surface area contributed by atoms with Crippen LogP contribution in [0.3, 0.4) is 0 Å². The van der Waals surface area contributed by atoms with Gasteiger partial charge in [-0.1, -0.05) is 18.2 Å². The van der Waals surface area contributed by atoms with E-state index < -0.39 is 11.6 Å². The molecular weight excluding hydrogens is 229 g/mol. The fourth-order valence-electron chi connectivity index (χ4n) is 2.67. The Hall–Kier alpha value is -1.03. The normalized spacial score (nSPS) is 22.1. The average molecular weight is 242 g/mol. The van der Waals surface area contributed by atoms with Gasteiger partial charge in [0.15, 0.2) is 0 Å². The van der Waals surface area contributed by atoms with Crippen molar-refractivity contribution in [3.63, 3.8) is 0 Å². The molecule has 92 valence electrons. The highest BCUT2D eigenvalue weighted by molar-refractivity contribution is 5.40. The first-order chi connectivity index (χ1) is 8.03. The van der Waals surface area contributed by atoms with Crippen molar-refractivity contribution in [2.24, 2.45) is 0 Å². The van der Waals surface area contributed by atoms with E-state index in [0.29, 0.717) is 5.56 Å². The maximum Gasteiger partial charge on any atom is 0.402 e. The molecule has 0 N–H and O–H groups in total. The molecule has 1 aromatic carbocycles. The second-order valence-corrected chi connectivity index (χ2v) is 4.91. The summed E-state index contributed by atoms with van der Waals surface area (Å²) in [5.74, 6) is 0. The minimum atomic E-state index is -4.22. The monoisotopic (exact) mass is 242 g/mol. The Kier molecular flexibility index (Phi) is 2.27. The van der Waals surface area contributed by atoms with Gasteiger partial charge in [0.1, 0.15) is 5.41 Å². The van der Waals surface area contributed by atoms with Gasteiger partial charge in [0.2, 0.25) is 0 Å². The van der Waals surface area contributed by atoms with Crippen molar-refractivity contribution in [1.29, 1.82) is 0 Å². The van der Waals surface area contributed by atoms with Gasteiger partial charge in [0.05, 0.1) is 13.2 Å². The molecule has 0 aromatic heterocycles. The number of benzene rings is 1. The standard InChI is InChI=1S/C13H13F3O/c14-13(15,16)12(7-17-8-12)11-5-4-9-2-1-3-10(9)6-11/h4-6H,1-3,7-8H2. The van der Waals surface area contributed by atoms with Gasteiger partial charge >= 0.3 is 6.18 Å². The molecule has 1 heterocycles. The molecule has 1 fully saturated rings. The number of fused-ring (bicyclic) bond motifs is 1.